The second-order valence-corrected chi connectivity index (χ2v) is 4.63. The molecule has 1 aliphatic heterocycles. The highest BCUT2D eigenvalue weighted by Crippen LogP contribution is 2.14. The molecule has 1 unspecified atom stereocenters. The molecule has 1 aromatic rings. The molecule has 1 heterocycles. The quantitative estimate of drug-likeness (QED) is 0.721. The van der Waals surface area contributed by atoms with Crippen molar-refractivity contribution in [1.29, 1.82) is 0 Å². The van der Waals surface area contributed by atoms with E-state index in [2.05, 4.69) is 16.0 Å². The Bertz CT molecular complexity index is 483. The van der Waals surface area contributed by atoms with Gasteiger partial charge in [-0.25, -0.2) is 0 Å². The van der Waals surface area contributed by atoms with Crippen LogP contribution in [0.2, 0.25) is 0 Å². The minimum absolute atomic E-state index is 0.00579. The number of carbonyl (C=O) groups excluding carboxylic acids is 2. The highest BCUT2D eigenvalue weighted by molar-refractivity contribution is 5.96. The van der Waals surface area contributed by atoms with E-state index in [4.69, 9.17) is 9.47 Å². The van der Waals surface area contributed by atoms with Crippen molar-refractivity contribution in [1.82, 2.24) is 5.32 Å². The minimum Gasteiger partial charge on any atom is -0.378 e. The van der Waals surface area contributed by atoms with Gasteiger partial charge in [-0.1, -0.05) is 0 Å². The van der Waals surface area contributed by atoms with Gasteiger partial charge in [0, 0.05) is 25.0 Å². The monoisotopic (exact) mass is 293 g/mol. The lowest BCUT2D eigenvalue weighted by molar-refractivity contribution is -0.121. The first-order chi connectivity index (χ1) is 10.2. The van der Waals surface area contributed by atoms with Gasteiger partial charge >= 0.3 is 0 Å². The number of nitrogens with one attached hydrogen (secondary N) is 3. The van der Waals surface area contributed by atoms with E-state index in [-0.39, 0.29) is 24.5 Å². The third-order valence-electron chi connectivity index (χ3n) is 2.95. The number of carbonyl (C=O) groups is 2. The fourth-order valence-corrected chi connectivity index (χ4v) is 1.93. The SMILES string of the molecule is COCC(=O)Nc1ccc(NC(=O)C2COCCN2)cc1. The van der Waals surface area contributed by atoms with E-state index in [0.717, 1.165) is 0 Å². The summed E-state index contributed by atoms with van der Waals surface area (Å²) >= 11 is 0. The number of benzene rings is 1. The van der Waals surface area contributed by atoms with Crippen LogP contribution in [0.5, 0.6) is 0 Å². The topological polar surface area (TPSA) is 88.7 Å². The average molecular weight is 293 g/mol. The molecule has 7 heteroatoms. The van der Waals surface area contributed by atoms with Gasteiger partial charge in [-0.3, -0.25) is 9.59 Å². The summed E-state index contributed by atoms with van der Waals surface area (Å²) in [6.45, 7) is 1.67. The molecule has 1 saturated heterocycles. The Kier molecular flexibility index (Phi) is 5.68. The fraction of sp³-hybridized carbons (Fsp3) is 0.429. The molecule has 114 valence electrons. The molecule has 1 atom stereocenters. The molecule has 0 aromatic heterocycles. The van der Waals surface area contributed by atoms with Crippen molar-refractivity contribution in [2.24, 2.45) is 0 Å². The van der Waals surface area contributed by atoms with Crippen molar-refractivity contribution in [2.75, 3.05) is 44.1 Å². The summed E-state index contributed by atoms with van der Waals surface area (Å²) in [5.74, 6) is -0.358. The predicted molar refractivity (Wildman–Crippen MR) is 78.2 cm³/mol. The van der Waals surface area contributed by atoms with E-state index in [1.807, 2.05) is 0 Å². The molecule has 2 amide bonds. The Morgan fingerprint density at radius 3 is 2.52 bits per heavy atom. The van der Waals surface area contributed by atoms with E-state index in [1.54, 1.807) is 24.3 Å². The van der Waals surface area contributed by atoms with E-state index in [9.17, 15) is 9.59 Å². The number of hydrogen-bond acceptors (Lipinski definition) is 5. The van der Waals surface area contributed by atoms with Crippen molar-refractivity contribution in [3.63, 3.8) is 0 Å². The standard InChI is InChI=1S/C14H19N3O4/c1-20-9-13(18)16-10-2-4-11(5-3-10)17-14(19)12-8-21-7-6-15-12/h2-5,12,15H,6-9H2,1H3,(H,16,18)(H,17,19). The van der Waals surface area contributed by atoms with E-state index >= 15 is 0 Å². The zero-order valence-electron chi connectivity index (χ0n) is 11.8. The summed E-state index contributed by atoms with van der Waals surface area (Å²) in [5, 5.41) is 8.56. The Morgan fingerprint density at radius 2 is 1.95 bits per heavy atom. The maximum Gasteiger partial charge on any atom is 0.250 e. The number of hydrogen-bond donors (Lipinski definition) is 3. The molecule has 0 spiro atoms. The van der Waals surface area contributed by atoms with Crippen LogP contribution in [-0.4, -0.2) is 51.3 Å². The normalized spacial score (nSPS) is 18.0. The lowest BCUT2D eigenvalue weighted by Crippen LogP contribution is -2.48. The van der Waals surface area contributed by atoms with Gasteiger partial charge < -0.3 is 25.4 Å². The van der Waals surface area contributed by atoms with Crippen LogP contribution in [0.15, 0.2) is 24.3 Å². The third-order valence-corrected chi connectivity index (χ3v) is 2.95. The van der Waals surface area contributed by atoms with Crippen LogP contribution in [0, 0.1) is 0 Å². The molecule has 3 N–H and O–H groups in total. The summed E-state index contributed by atoms with van der Waals surface area (Å²) in [4.78, 5) is 23.3. The number of methoxy groups -OCH3 is 1. The Morgan fingerprint density at radius 1 is 1.29 bits per heavy atom. The molecular formula is C14H19N3O4. The molecule has 1 fully saturated rings. The molecule has 1 aliphatic rings. The largest absolute Gasteiger partial charge is 0.378 e. The molecule has 0 saturated carbocycles. The van der Waals surface area contributed by atoms with Crippen LogP contribution in [-0.2, 0) is 19.1 Å². The van der Waals surface area contributed by atoms with E-state index < -0.39 is 0 Å². The van der Waals surface area contributed by atoms with Crippen LogP contribution in [0.1, 0.15) is 0 Å². The van der Waals surface area contributed by atoms with Crippen LogP contribution in [0.25, 0.3) is 0 Å². The number of amides is 2. The molecular weight excluding hydrogens is 274 g/mol. The van der Waals surface area contributed by atoms with E-state index in [1.165, 1.54) is 7.11 Å². The second kappa shape index (κ2) is 7.72. The smallest absolute Gasteiger partial charge is 0.250 e. The molecule has 2 rings (SSSR count). The van der Waals surface area contributed by atoms with Crippen molar-refractivity contribution in [3.05, 3.63) is 24.3 Å². The second-order valence-electron chi connectivity index (χ2n) is 4.63. The molecule has 7 nitrogen and oxygen atoms in total. The Balaban J connectivity index is 1.86. The van der Waals surface area contributed by atoms with Gasteiger partial charge in [-0.15, -0.1) is 0 Å². The van der Waals surface area contributed by atoms with Crippen molar-refractivity contribution < 1.29 is 19.1 Å². The number of ether oxygens (including phenoxy) is 2. The van der Waals surface area contributed by atoms with Gasteiger partial charge in [0.1, 0.15) is 12.6 Å². The molecule has 1 aromatic carbocycles. The van der Waals surface area contributed by atoms with Crippen LogP contribution < -0.4 is 16.0 Å². The lowest BCUT2D eigenvalue weighted by Gasteiger charge is -2.22. The van der Waals surface area contributed by atoms with Gasteiger partial charge in [0.25, 0.3) is 0 Å². The number of morpholine rings is 1. The van der Waals surface area contributed by atoms with Crippen LogP contribution >= 0.6 is 0 Å². The Labute approximate surface area is 123 Å². The molecule has 0 aliphatic carbocycles. The van der Waals surface area contributed by atoms with Gasteiger partial charge in [-0.05, 0) is 24.3 Å². The van der Waals surface area contributed by atoms with Gasteiger partial charge in [-0.2, -0.15) is 0 Å². The first-order valence-corrected chi connectivity index (χ1v) is 6.70. The maximum atomic E-state index is 12.0. The summed E-state index contributed by atoms with van der Waals surface area (Å²) in [6, 6.07) is 6.55. The van der Waals surface area contributed by atoms with Crippen molar-refractivity contribution in [3.8, 4) is 0 Å². The highest BCUT2D eigenvalue weighted by Gasteiger charge is 2.20. The zero-order chi connectivity index (χ0) is 15.1. The molecule has 0 bridgehead atoms. The van der Waals surface area contributed by atoms with E-state index in [0.29, 0.717) is 31.1 Å². The average Bonchev–Trinajstić information content (AvgIpc) is 2.50. The first kappa shape index (κ1) is 15.4. The van der Waals surface area contributed by atoms with Gasteiger partial charge in [0.05, 0.1) is 13.2 Å². The minimum atomic E-state index is -0.333. The summed E-state index contributed by atoms with van der Waals surface area (Å²) < 4.78 is 9.98. The fourth-order valence-electron chi connectivity index (χ4n) is 1.93. The zero-order valence-corrected chi connectivity index (χ0v) is 11.8. The lowest BCUT2D eigenvalue weighted by atomic mass is 10.2. The molecule has 0 radical (unpaired) electrons. The van der Waals surface area contributed by atoms with Crippen molar-refractivity contribution in [2.45, 2.75) is 6.04 Å². The maximum absolute atomic E-state index is 12.0. The summed E-state index contributed by atoms with van der Waals surface area (Å²) in [6.07, 6.45) is 0. The Hall–Kier alpha value is -1.96. The number of anilines is 2. The van der Waals surface area contributed by atoms with Crippen molar-refractivity contribution >= 4 is 23.2 Å². The summed E-state index contributed by atoms with van der Waals surface area (Å²) in [7, 11) is 1.46. The van der Waals surface area contributed by atoms with Crippen LogP contribution in [0.4, 0.5) is 11.4 Å². The summed E-state index contributed by atoms with van der Waals surface area (Å²) in [5.41, 5.74) is 1.31. The predicted octanol–water partition coefficient (Wildman–Crippen LogP) is 0.198. The van der Waals surface area contributed by atoms with Gasteiger partial charge in [0.15, 0.2) is 0 Å². The van der Waals surface area contributed by atoms with Crippen LogP contribution in [0.3, 0.4) is 0 Å². The van der Waals surface area contributed by atoms with Gasteiger partial charge in [0.2, 0.25) is 11.8 Å². The molecule has 21 heavy (non-hydrogen) atoms. The third kappa shape index (κ3) is 4.82. The highest BCUT2D eigenvalue weighted by atomic mass is 16.5. The number of rotatable bonds is 5. The first-order valence-electron chi connectivity index (χ1n) is 6.70.